The molecule has 0 aliphatic rings. The Bertz CT molecular complexity index is 646. The average Bonchev–Trinajstić information content (AvgIpc) is 2.34. The minimum absolute atomic E-state index is 0.0331. The van der Waals surface area contributed by atoms with E-state index < -0.39 is 4.92 Å². The highest BCUT2D eigenvalue weighted by Gasteiger charge is 2.16. The van der Waals surface area contributed by atoms with Gasteiger partial charge in [-0.15, -0.1) is 0 Å². The second kappa shape index (κ2) is 5.87. The Morgan fingerprint density at radius 3 is 2.53 bits per heavy atom. The largest absolute Gasteiger partial charge is 0.450 e. The van der Waals surface area contributed by atoms with Gasteiger partial charge in [0.15, 0.2) is 0 Å². The van der Waals surface area contributed by atoms with Crippen molar-refractivity contribution in [3.05, 3.63) is 60.1 Å². The van der Waals surface area contributed by atoms with Gasteiger partial charge >= 0.3 is 5.69 Å². The Morgan fingerprint density at radius 2 is 1.89 bits per heavy atom. The molecule has 0 heterocycles. The molecule has 0 unspecified atom stereocenters. The second-order valence-electron chi connectivity index (χ2n) is 3.88. The zero-order chi connectivity index (χ0) is 14.0. The highest BCUT2D eigenvalue weighted by molar-refractivity contribution is 14.1. The number of rotatable bonds is 3. The van der Waals surface area contributed by atoms with Crippen LogP contribution < -0.4 is 4.74 Å². The number of nitro benzene ring substituents is 1. The van der Waals surface area contributed by atoms with Gasteiger partial charge in [-0.25, -0.2) is 0 Å². The maximum atomic E-state index is 11.0. The first-order valence-electron chi connectivity index (χ1n) is 5.35. The van der Waals surface area contributed by atoms with Gasteiger partial charge in [-0.05, 0) is 65.4 Å². The van der Waals surface area contributed by atoms with E-state index in [-0.39, 0.29) is 11.4 Å². The fraction of sp³-hybridized carbons (Fsp3) is 0.0769. The van der Waals surface area contributed by atoms with Gasteiger partial charge in [0.25, 0.3) is 0 Å². The number of benzene rings is 2. The molecule has 98 valence electrons. The Kier molecular flexibility index (Phi) is 4.41. The number of halogens is 2. The molecular weight excluding hydrogens is 425 g/mol. The number of hydrogen-bond donors (Lipinski definition) is 0. The van der Waals surface area contributed by atoms with Gasteiger partial charge in [-0.2, -0.15) is 0 Å². The van der Waals surface area contributed by atoms with Crippen molar-refractivity contribution in [2.24, 2.45) is 0 Å². The van der Waals surface area contributed by atoms with Crippen LogP contribution in [-0.4, -0.2) is 4.92 Å². The van der Waals surface area contributed by atoms with E-state index in [1.54, 1.807) is 18.2 Å². The molecule has 2 aromatic rings. The van der Waals surface area contributed by atoms with Crippen molar-refractivity contribution in [1.82, 2.24) is 0 Å². The zero-order valence-electron chi connectivity index (χ0n) is 9.89. The third kappa shape index (κ3) is 3.44. The number of nitro groups is 1. The SMILES string of the molecule is Cc1cc(Br)ccc1Oc1ccc(I)cc1[N+](=O)[O-]. The molecule has 2 aromatic carbocycles. The van der Waals surface area contributed by atoms with Crippen LogP contribution in [0.5, 0.6) is 11.5 Å². The highest BCUT2D eigenvalue weighted by atomic mass is 127. The summed E-state index contributed by atoms with van der Waals surface area (Å²) in [5.41, 5.74) is 0.872. The molecule has 0 N–H and O–H groups in total. The molecular formula is C13H9BrINO3. The van der Waals surface area contributed by atoms with E-state index >= 15 is 0 Å². The number of nitrogens with zero attached hydrogens (tertiary/aromatic N) is 1. The molecule has 0 fully saturated rings. The summed E-state index contributed by atoms with van der Waals surface area (Å²) in [5, 5.41) is 11.0. The van der Waals surface area contributed by atoms with Crippen LogP contribution in [0.1, 0.15) is 5.56 Å². The molecule has 0 aliphatic carbocycles. The first kappa shape index (κ1) is 14.3. The van der Waals surface area contributed by atoms with Crippen LogP contribution in [0.2, 0.25) is 0 Å². The molecule has 4 nitrogen and oxygen atoms in total. The van der Waals surface area contributed by atoms with Crippen molar-refractivity contribution in [2.45, 2.75) is 6.92 Å². The normalized spacial score (nSPS) is 10.3. The van der Waals surface area contributed by atoms with Gasteiger partial charge in [-0.1, -0.05) is 15.9 Å². The van der Waals surface area contributed by atoms with Crippen molar-refractivity contribution in [3.8, 4) is 11.5 Å². The van der Waals surface area contributed by atoms with Crippen molar-refractivity contribution < 1.29 is 9.66 Å². The van der Waals surface area contributed by atoms with Crippen molar-refractivity contribution in [3.63, 3.8) is 0 Å². The summed E-state index contributed by atoms with van der Waals surface area (Å²) in [7, 11) is 0. The molecule has 0 atom stereocenters. The highest BCUT2D eigenvalue weighted by Crippen LogP contribution is 2.34. The molecule has 0 aromatic heterocycles. The molecule has 0 radical (unpaired) electrons. The molecule has 0 amide bonds. The van der Waals surface area contributed by atoms with E-state index in [0.29, 0.717) is 5.75 Å². The third-order valence-corrected chi connectivity index (χ3v) is 3.64. The van der Waals surface area contributed by atoms with Gasteiger partial charge in [0, 0.05) is 14.1 Å². The summed E-state index contributed by atoms with van der Waals surface area (Å²) in [5.74, 6) is 0.850. The van der Waals surface area contributed by atoms with Crippen LogP contribution >= 0.6 is 38.5 Å². The van der Waals surface area contributed by atoms with Crippen molar-refractivity contribution >= 4 is 44.2 Å². The lowest BCUT2D eigenvalue weighted by molar-refractivity contribution is -0.385. The Labute approximate surface area is 132 Å². The predicted octanol–water partition coefficient (Wildman–Crippen LogP) is 5.06. The second-order valence-corrected chi connectivity index (χ2v) is 6.04. The molecule has 2 rings (SSSR count). The van der Waals surface area contributed by atoms with Crippen LogP contribution in [0.25, 0.3) is 0 Å². The zero-order valence-corrected chi connectivity index (χ0v) is 13.6. The van der Waals surface area contributed by atoms with Gasteiger partial charge in [0.05, 0.1) is 4.92 Å². The van der Waals surface area contributed by atoms with Crippen LogP contribution in [0.4, 0.5) is 5.69 Å². The summed E-state index contributed by atoms with van der Waals surface area (Å²) >= 11 is 5.40. The molecule has 0 saturated carbocycles. The van der Waals surface area contributed by atoms with E-state index in [0.717, 1.165) is 13.6 Å². The first-order chi connectivity index (χ1) is 8.97. The van der Waals surface area contributed by atoms with Crippen LogP contribution in [0.15, 0.2) is 40.9 Å². The van der Waals surface area contributed by atoms with E-state index in [9.17, 15) is 10.1 Å². The van der Waals surface area contributed by atoms with Crippen LogP contribution in [0.3, 0.4) is 0 Å². The number of hydrogen-bond acceptors (Lipinski definition) is 3. The van der Waals surface area contributed by atoms with Gasteiger partial charge < -0.3 is 4.74 Å². The lowest BCUT2D eigenvalue weighted by Crippen LogP contribution is -1.95. The topological polar surface area (TPSA) is 52.4 Å². The smallest absolute Gasteiger partial charge is 0.312 e. The monoisotopic (exact) mass is 433 g/mol. The molecule has 19 heavy (non-hydrogen) atoms. The van der Waals surface area contributed by atoms with E-state index in [1.165, 1.54) is 6.07 Å². The summed E-state index contributed by atoms with van der Waals surface area (Å²) in [6.45, 7) is 1.89. The third-order valence-electron chi connectivity index (χ3n) is 2.47. The Balaban J connectivity index is 2.40. The predicted molar refractivity (Wildman–Crippen MR) is 84.8 cm³/mol. The summed E-state index contributed by atoms with van der Waals surface area (Å²) in [6.07, 6.45) is 0. The number of aryl methyl sites for hydroxylation is 1. The Morgan fingerprint density at radius 1 is 1.21 bits per heavy atom. The van der Waals surface area contributed by atoms with Gasteiger partial charge in [-0.3, -0.25) is 10.1 Å². The molecule has 0 spiro atoms. The summed E-state index contributed by atoms with van der Waals surface area (Å²) < 4.78 is 7.38. The van der Waals surface area contributed by atoms with Gasteiger partial charge in [0.1, 0.15) is 5.75 Å². The lowest BCUT2D eigenvalue weighted by Gasteiger charge is -2.09. The quantitative estimate of drug-likeness (QED) is 0.386. The molecule has 0 aliphatic heterocycles. The minimum Gasteiger partial charge on any atom is -0.450 e. The fourth-order valence-electron chi connectivity index (χ4n) is 1.57. The fourth-order valence-corrected chi connectivity index (χ4v) is 2.52. The lowest BCUT2D eigenvalue weighted by atomic mass is 10.2. The standard InChI is InChI=1S/C13H9BrINO3/c1-8-6-9(14)2-4-12(8)19-13-5-3-10(15)7-11(13)16(17)18/h2-7H,1H3. The molecule has 0 bridgehead atoms. The molecule has 0 saturated heterocycles. The van der Waals surface area contributed by atoms with Crippen LogP contribution in [-0.2, 0) is 0 Å². The first-order valence-corrected chi connectivity index (χ1v) is 7.22. The Hall–Kier alpha value is -1.15. The number of ether oxygens (including phenoxy) is 1. The minimum atomic E-state index is -0.439. The average molecular weight is 434 g/mol. The molecule has 6 heteroatoms. The van der Waals surface area contributed by atoms with E-state index in [4.69, 9.17) is 4.74 Å². The maximum absolute atomic E-state index is 11.0. The van der Waals surface area contributed by atoms with Crippen molar-refractivity contribution in [1.29, 1.82) is 0 Å². The van der Waals surface area contributed by atoms with Crippen LogP contribution in [0, 0.1) is 20.6 Å². The van der Waals surface area contributed by atoms with E-state index in [1.807, 2.05) is 41.6 Å². The van der Waals surface area contributed by atoms with Gasteiger partial charge in [0.2, 0.25) is 5.75 Å². The summed E-state index contributed by atoms with van der Waals surface area (Å²) in [4.78, 5) is 10.6. The maximum Gasteiger partial charge on any atom is 0.312 e. The van der Waals surface area contributed by atoms with Crippen molar-refractivity contribution in [2.75, 3.05) is 0 Å². The van der Waals surface area contributed by atoms with E-state index in [2.05, 4.69) is 15.9 Å². The summed E-state index contributed by atoms with van der Waals surface area (Å²) in [6, 6.07) is 10.4.